The van der Waals surface area contributed by atoms with E-state index in [4.69, 9.17) is 19.2 Å². The summed E-state index contributed by atoms with van der Waals surface area (Å²) in [4.78, 5) is 20.0. The van der Waals surface area contributed by atoms with E-state index in [1.54, 1.807) is 7.11 Å². The number of nitrogens with zero attached hydrogens (tertiary/aromatic N) is 2. The minimum atomic E-state index is -0.246. The van der Waals surface area contributed by atoms with Crippen LogP contribution in [0.15, 0.2) is 12.1 Å². The number of likely N-dealkylation sites (tertiary alicyclic amines) is 1. The van der Waals surface area contributed by atoms with Crippen LogP contribution in [0, 0.1) is 11.8 Å². The van der Waals surface area contributed by atoms with Crippen molar-refractivity contribution >= 4 is 30.7 Å². The second-order valence-electron chi connectivity index (χ2n) is 9.04. The average molecular weight is 474 g/mol. The maximum atomic E-state index is 13.3. The van der Waals surface area contributed by atoms with Crippen LogP contribution in [-0.2, 0) is 9.47 Å². The summed E-state index contributed by atoms with van der Waals surface area (Å²) in [6.45, 7) is 5.33. The van der Waals surface area contributed by atoms with Gasteiger partial charge in [-0.25, -0.2) is 4.98 Å². The Hall–Kier alpha value is -1.12. The highest BCUT2D eigenvalue weighted by Crippen LogP contribution is 2.40. The monoisotopic (exact) mass is 473 g/mol. The molecule has 2 atom stereocenters. The molecule has 1 aliphatic carbocycles. The normalized spacial score (nSPS) is 27.9. The fourth-order valence-corrected chi connectivity index (χ4v) is 4.93. The highest BCUT2D eigenvalue weighted by Gasteiger charge is 2.51. The number of amides is 1. The first-order valence-electron chi connectivity index (χ1n) is 10.9. The number of nitrogens with one attached hydrogen (secondary N) is 1. The first-order valence-corrected chi connectivity index (χ1v) is 10.9. The van der Waals surface area contributed by atoms with Gasteiger partial charge in [0.2, 0.25) is 5.88 Å². The van der Waals surface area contributed by atoms with Gasteiger partial charge in [0, 0.05) is 69.1 Å². The molecule has 4 heterocycles. The van der Waals surface area contributed by atoms with Crippen molar-refractivity contribution in [3.05, 3.63) is 23.4 Å². The third-order valence-corrected chi connectivity index (χ3v) is 7.02. The van der Waals surface area contributed by atoms with E-state index >= 15 is 0 Å². The number of hydrogen-bond acceptors (Lipinski definition) is 6. The lowest BCUT2D eigenvalue weighted by Gasteiger charge is -2.26. The maximum Gasteiger partial charge on any atom is 0.254 e. The van der Waals surface area contributed by atoms with Crippen molar-refractivity contribution in [3.63, 3.8) is 0 Å². The summed E-state index contributed by atoms with van der Waals surface area (Å²) >= 11 is 0. The largest absolute Gasteiger partial charge is 0.477 e. The van der Waals surface area contributed by atoms with Crippen LogP contribution in [-0.4, -0.2) is 74.5 Å². The summed E-state index contributed by atoms with van der Waals surface area (Å²) in [6, 6.07) is 3.81. The number of fused-ring (bicyclic) bond motifs is 1. The molecule has 3 aliphatic heterocycles. The molecule has 1 saturated carbocycles. The Balaban J connectivity index is 0.00000136. The van der Waals surface area contributed by atoms with Crippen LogP contribution < -0.4 is 10.1 Å². The van der Waals surface area contributed by atoms with E-state index in [0.29, 0.717) is 42.3 Å². The van der Waals surface area contributed by atoms with Gasteiger partial charge in [-0.3, -0.25) is 4.79 Å². The molecule has 0 radical (unpaired) electrons. The van der Waals surface area contributed by atoms with Crippen molar-refractivity contribution in [1.29, 1.82) is 0 Å². The number of pyridine rings is 1. The first kappa shape index (κ1) is 24.5. The van der Waals surface area contributed by atoms with Crippen LogP contribution in [0.2, 0.25) is 0 Å². The van der Waals surface area contributed by atoms with Gasteiger partial charge in [0.05, 0.1) is 13.2 Å². The van der Waals surface area contributed by atoms with E-state index in [-0.39, 0.29) is 36.3 Å². The second kappa shape index (κ2) is 10.2. The summed E-state index contributed by atoms with van der Waals surface area (Å²) in [7, 11) is 1.76. The lowest BCUT2D eigenvalue weighted by atomic mass is 9.95. The van der Waals surface area contributed by atoms with E-state index in [1.165, 1.54) is 0 Å². The van der Waals surface area contributed by atoms with Gasteiger partial charge >= 0.3 is 0 Å². The van der Waals surface area contributed by atoms with Crippen LogP contribution in [0.25, 0.3) is 0 Å². The number of carbonyl (C=O) groups excluding carboxylic acids is 1. The summed E-state index contributed by atoms with van der Waals surface area (Å²) in [6.07, 6.45) is 4.34. The molecular weight excluding hydrogens is 441 g/mol. The first-order chi connectivity index (χ1) is 14.2. The minimum absolute atomic E-state index is 0. The number of ether oxygens (including phenoxy) is 3. The zero-order chi connectivity index (χ0) is 19.8. The van der Waals surface area contributed by atoms with Crippen molar-refractivity contribution in [2.24, 2.45) is 11.8 Å². The maximum absolute atomic E-state index is 13.3. The lowest BCUT2D eigenvalue weighted by Crippen LogP contribution is -2.42. The van der Waals surface area contributed by atoms with E-state index in [0.717, 1.165) is 64.2 Å². The standard InChI is InChI=1S/C22H31N3O4.2ClH/c1-27-22-13-23-10-18(22)11-25(14-22)21(26)17-8-19(16-2-3-16)24-20(9-17)29-12-15-4-6-28-7-5-15;;/h8-9,15-16,18,23H,2-7,10-14H2,1H3;2*1H/t18-,22+;;/m1../s1. The summed E-state index contributed by atoms with van der Waals surface area (Å²) in [5, 5.41) is 3.40. The fourth-order valence-electron chi connectivity index (χ4n) is 4.93. The number of halogens is 2. The molecule has 4 fully saturated rings. The molecule has 0 spiro atoms. The smallest absolute Gasteiger partial charge is 0.254 e. The Morgan fingerprint density at radius 2 is 2.03 bits per heavy atom. The van der Waals surface area contributed by atoms with E-state index in [2.05, 4.69) is 5.32 Å². The van der Waals surface area contributed by atoms with Crippen molar-refractivity contribution < 1.29 is 19.0 Å². The average Bonchev–Trinajstić information content (AvgIpc) is 3.44. The van der Waals surface area contributed by atoms with Crippen LogP contribution in [0.4, 0.5) is 0 Å². The SMILES string of the molecule is CO[C@]12CNC[C@@H]1CN(C(=O)c1cc(OCC3CCOCC3)nc(C3CC3)c1)C2.Cl.Cl. The molecule has 3 saturated heterocycles. The van der Waals surface area contributed by atoms with Gasteiger partial charge in [-0.1, -0.05) is 0 Å². The Morgan fingerprint density at radius 3 is 2.71 bits per heavy atom. The topological polar surface area (TPSA) is 72.9 Å². The van der Waals surface area contributed by atoms with Gasteiger partial charge in [0.15, 0.2) is 0 Å². The molecule has 4 aliphatic rings. The van der Waals surface area contributed by atoms with Crippen LogP contribution >= 0.6 is 24.8 Å². The van der Waals surface area contributed by atoms with Gasteiger partial charge in [-0.15, -0.1) is 24.8 Å². The third kappa shape index (κ3) is 5.11. The van der Waals surface area contributed by atoms with Crippen LogP contribution in [0.1, 0.15) is 47.7 Å². The van der Waals surface area contributed by atoms with Crippen molar-refractivity contribution in [1.82, 2.24) is 15.2 Å². The highest BCUT2D eigenvalue weighted by molar-refractivity contribution is 5.95. The Kier molecular flexibility index (Phi) is 8.08. The molecule has 7 nitrogen and oxygen atoms in total. The molecule has 0 unspecified atom stereocenters. The van der Waals surface area contributed by atoms with Crippen LogP contribution in [0.5, 0.6) is 5.88 Å². The van der Waals surface area contributed by atoms with E-state index in [1.807, 2.05) is 17.0 Å². The van der Waals surface area contributed by atoms with Crippen molar-refractivity contribution in [2.75, 3.05) is 53.1 Å². The quantitative estimate of drug-likeness (QED) is 0.684. The molecule has 1 N–H and O–H groups in total. The van der Waals surface area contributed by atoms with Crippen LogP contribution in [0.3, 0.4) is 0 Å². The Morgan fingerprint density at radius 1 is 1.26 bits per heavy atom. The molecule has 1 amide bonds. The number of aromatic nitrogens is 1. The minimum Gasteiger partial charge on any atom is -0.477 e. The van der Waals surface area contributed by atoms with Gasteiger partial charge in [0.1, 0.15) is 5.60 Å². The number of carbonyl (C=O) groups is 1. The fraction of sp³-hybridized carbons (Fsp3) is 0.727. The summed E-state index contributed by atoms with van der Waals surface area (Å²) in [5.41, 5.74) is 1.45. The van der Waals surface area contributed by atoms with Gasteiger partial charge in [-0.2, -0.15) is 0 Å². The predicted octanol–water partition coefficient (Wildman–Crippen LogP) is 2.67. The number of methoxy groups -OCH3 is 1. The molecule has 5 rings (SSSR count). The second-order valence-corrected chi connectivity index (χ2v) is 9.04. The zero-order valence-electron chi connectivity index (χ0n) is 18.0. The third-order valence-electron chi connectivity index (χ3n) is 7.02. The lowest BCUT2D eigenvalue weighted by molar-refractivity contribution is -0.00516. The highest BCUT2D eigenvalue weighted by atomic mass is 35.5. The van der Waals surface area contributed by atoms with Crippen molar-refractivity contribution in [3.8, 4) is 5.88 Å². The molecule has 1 aromatic heterocycles. The van der Waals surface area contributed by atoms with Gasteiger partial charge < -0.3 is 24.4 Å². The zero-order valence-corrected chi connectivity index (χ0v) is 19.6. The molecule has 0 aromatic carbocycles. The number of hydrogen-bond donors (Lipinski definition) is 1. The van der Waals surface area contributed by atoms with Gasteiger partial charge in [0.25, 0.3) is 5.91 Å². The Bertz CT molecular complexity index is 773. The molecule has 9 heteroatoms. The van der Waals surface area contributed by atoms with Crippen molar-refractivity contribution in [2.45, 2.75) is 37.2 Å². The summed E-state index contributed by atoms with van der Waals surface area (Å²) < 4.78 is 17.3. The molecular formula is C22H33Cl2N3O4. The Labute approximate surface area is 196 Å². The molecule has 174 valence electrons. The predicted molar refractivity (Wildman–Crippen MR) is 122 cm³/mol. The van der Waals surface area contributed by atoms with E-state index < -0.39 is 0 Å². The van der Waals surface area contributed by atoms with E-state index in [9.17, 15) is 4.79 Å². The summed E-state index contributed by atoms with van der Waals surface area (Å²) in [5.74, 6) is 1.98. The number of rotatable bonds is 6. The molecule has 1 aromatic rings. The van der Waals surface area contributed by atoms with Gasteiger partial charge in [-0.05, 0) is 37.7 Å². The molecule has 31 heavy (non-hydrogen) atoms. The molecule has 0 bridgehead atoms.